The number of aromatic nitrogens is 2. The van der Waals surface area contributed by atoms with E-state index < -0.39 is 17.2 Å². The summed E-state index contributed by atoms with van der Waals surface area (Å²) in [5.74, 6) is -1.71. The number of benzene rings is 1. The number of ether oxygens (including phenoxy) is 1. The second kappa shape index (κ2) is 6.19. The number of aryl methyl sites for hydroxylation is 1. The average Bonchev–Trinajstić information content (AvgIpc) is 2.65. The van der Waals surface area contributed by atoms with Crippen LogP contribution in [0.4, 0.5) is 4.39 Å². The number of carboxylic acid groups (broad SMARTS) is 1. The van der Waals surface area contributed by atoms with Crippen LogP contribution in [0.1, 0.15) is 35.9 Å². The molecule has 3 heterocycles. The fourth-order valence-corrected chi connectivity index (χ4v) is 3.47. The number of aromatic carboxylic acids is 1. The molecule has 0 saturated carbocycles. The topological polar surface area (TPSA) is 81.4 Å². The molecule has 3 aromatic rings. The zero-order valence-electron chi connectivity index (χ0n) is 14.8. The van der Waals surface area contributed by atoms with Crippen LogP contribution in [0.15, 0.2) is 35.4 Å². The summed E-state index contributed by atoms with van der Waals surface area (Å²) < 4.78 is 22.6. The van der Waals surface area contributed by atoms with Gasteiger partial charge in [-0.25, -0.2) is 9.18 Å². The molecule has 6 nitrogen and oxygen atoms in total. The maximum absolute atomic E-state index is 15.1. The summed E-state index contributed by atoms with van der Waals surface area (Å²) in [6, 6.07) is 4.39. The van der Waals surface area contributed by atoms with E-state index in [0.29, 0.717) is 17.5 Å². The van der Waals surface area contributed by atoms with Gasteiger partial charge in [-0.15, -0.1) is 0 Å². The summed E-state index contributed by atoms with van der Waals surface area (Å²) in [5, 5.41) is 9.34. The zero-order chi connectivity index (χ0) is 19.3. The molecule has 138 valence electrons. The summed E-state index contributed by atoms with van der Waals surface area (Å²) in [6.07, 6.45) is 3.62. The van der Waals surface area contributed by atoms with Crippen molar-refractivity contribution < 1.29 is 19.0 Å². The average molecular weight is 368 g/mol. The number of hydrogen-bond acceptors (Lipinski definition) is 4. The van der Waals surface area contributed by atoms with Crippen LogP contribution in [0.2, 0.25) is 0 Å². The van der Waals surface area contributed by atoms with Crippen molar-refractivity contribution in [1.29, 1.82) is 0 Å². The highest BCUT2D eigenvalue weighted by atomic mass is 19.1. The fraction of sp³-hybridized carbons (Fsp3) is 0.250. The number of nitrogens with zero attached hydrogens (tertiary/aromatic N) is 2. The second-order valence-electron chi connectivity index (χ2n) is 6.59. The van der Waals surface area contributed by atoms with E-state index in [2.05, 4.69) is 4.98 Å². The van der Waals surface area contributed by atoms with Gasteiger partial charge in [-0.05, 0) is 37.1 Å². The highest BCUT2D eigenvalue weighted by Gasteiger charge is 2.28. The van der Waals surface area contributed by atoms with Crippen LogP contribution in [0, 0.1) is 5.82 Å². The van der Waals surface area contributed by atoms with Crippen molar-refractivity contribution in [2.45, 2.75) is 26.3 Å². The normalized spacial score (nSPS) is 15.6. The number of hydrogen-bond donors (Lipinski definition) is 1. The van der Waals surface area contributed by atoms with Gasteiger partial charge in [0.1, 0.15) is 18.0 Å². The van der Waals surface area contributed by atoms with Crippen molar-refractivity contribution in [3.63, 3.8) is 0 Å². The Morgan fingerprint density at radius 1 is 1.44 bits per heavy atom. The van der Waals surface area contributed by atoms with Gasteiger partial charge in [-0.3, -0.25) is 9.78 Å². The minimum atomic E-state index is -1.34. The lowest BCUT2D eigenvalue weighted by molar-refractivity contribution is 0.0694. The first-order valence-electron chi connectivity index (χ1n) is 8.65. The van der Waals surface area contributed by atoms with E-state index in [1.165, 1.54) is 6.20 Å². The number of pyridine rings is 2. The van der Waals surface area contributed by atoms with Gasteiger partial charge >= 0.3 is 5.97 Å². The van der Waals surface area contributed by atoms with Crippen LogP contribution in [0.5, 0.6) is 5.75 Å². The van der Waals surface area contributed by atoms with Crippen molar-refractivity contribution in [3.8, 4) is 16.9 Å². The predicted molar refractivity (Wildman–Crippen MR) is 97.9 cm³/mol. The van der Waals surface area contributed by atoms with Crippen molar-refractivity contribution in [2.24, 2.45) is 0 Å². The number of carbonyl (C=O) groups is 1. The lowest BCUT2D eigenvalue weighted by atomic mass is 9.98. The summed E-state index contributed by atoms with van der Waals surface area (Å²) in [6.45, 7) is 4.05. The summed E-state index contributed by atoms with van der Waals surface area (Å²) in [4.78, 5) is 28.3. The summed E-state index contributed by atoms with van der Waals surface area (Å²) in [5.41, 5.74) is 0.973. The molecule has 0 aliphatic carbocycles. The summed E-state index contributed by atoms with van der Waals surface area (Å²) in [7, 11) is 0. The first kappa shape index (κ1) is 17.2. The van der Waals surface area contributed by atoms with Crippen LogP contribution in [0.25, 0.3) is 22.0 Å². The third kappa shape index (κ3) is 2.58. The quantitative estimate of drug-likeness (QED) is 0.766. The lowest BCUT2D eigenvalue weighted by Gasteiger charge is -2.28. The van der Waals surface area contributed by atoms with Gasteiger partial charge in [0.25, 0.3) is 0 Å². The standard InChI is InChI=1S/C20H17FN2O4/c1-3-12-6-11(4-5-22-12)16-15(21)7-13-17-19(16)27-9-10(2)23(17)8-14(18(13)24)20(25)26/h4-8,10H,3,9H2,1-2H3,(H,25,26)/t10-/m0/s1. The van der Waals surface area contributed by atoms with Crippen LogP contribution in [0.3, 0.4) is 0 Å². The van der Waals surface area contributed by atoms with Crippen LogP contribution < -0.4 is 10.2 Å². The van der Waals surface area contributed by atoms with E-state index >= 15 is 4.39 Å². The van der Waals surface area contributed by atoms with E-state index in [0.717, 1.165) is 11.8 Å². The first-order chi connectivity index (χ1) is 12.9. The molecule has 0 saturated heterocycles. The van der Waals surface area contributed by atoms with E-state index in [4.69, 9.17) is 4.74 Å². The van der Waals surface area contributed by atoms with Gasteiger partial charge in [0.15, 0.2) is 5.75 Å². The number of carboxylic acids is 1. The van der Waals surface area contributed by atoms with Crippen LogP contribution in [-0.2, 0) is 6.42 Å². The first-order valence-corrected chi connectivity index (χ1v) is 8.65. The molecule has 1 N–H and O–H groups in total. The van der Waals surface area contributed by atoms with Gasteiger partial charge in [-0.1, -0.05) is 6.92 Å². The lowest BCUT2D eigenvalue weighted by Crippen LogP contribution is -2.27. The molecule has 0 bridgehead atoms. The Morgan fingerprint density at radius 3 is 2.93 bits per heavy atom. The molecule has 4 rings (SSSR count). The van der Waals surface area contributed by atoms with E-state index in [1.807, 2.05) is 13.8 Å². The van der Waals surface area contributed by atoms with Crippen LogP contribution in [-0.4, -0.2) is 27.2 Å². The monoisotopic (exact) mass is 368 g/mol. The fourth-order valence-electron chi connectivity index (χ4n) is 3.47. The maximum Gasteiger partial charge on any atom is 0.341 e. The SMILES string of the molecule is CCc1cc(-c2c(F)cc3c(=O)c(C(=O)O)cn4c3c2OC[C@@H]4C)ccn1. The molecule has 27 heavy (non-hydrogen) atoms. The Hall–Kier alpha value is -3.22. The maximum atomic E-state index is 15.1. The molecule has 1 aromatic carbocycles. The van der Waals surface area contributed by atoms with E-state index in [9.17, 15) is 14.7 Å². The zero-order valence-corrected chi connectivity index (χ0v) is 14.8. The highest BCUT2D eigenvalue weighted by molar-refractivity contribution is 5.98. The van der Waals surface area contributed by atoms with Crippen molar-refractivity contribution >= 4 is 16.9 Å². The van der Waals surface area contributed by atoms with Gasteiger partial charge < -0.3 is 14.4 Å². The van der Waals surface area contributed by atoms with Gasteiger partial charge in [-0.2, -0.15) is 0 Å². The molecular weight excluding hydrogens is 351 g/mol. The molecule has 2 aromatic heterocycles. The molecule has 0 amide bonds. The molecule has 0 spiro atoms. The molecule has 1 atom stereocenters. The van der Waals surface area contributed by atoms with Crippen molar-refractivity contribution in [1.82, 2.24) is 9.55 Å². The third-order valence-corrected chi connectivity index (χ3v) is 4.86. The molecule has 1 aliphatic heterocycles. The predicted octanol–water partition coefficient (Wildman–Crippen LogP) is 3.42. The smallest absolute Gasteiger partial charge is 0.341 e. The van der Waals surface area contributed by atoms with Crippen LogP contribution >= 0.6 is 0 Å². The van der Waals surface area contributed by atoms with E-state index in [-0.39, 0.29) is 34.9 Å². The van der Waals surface area contributed by atoms with E-state index in [1.54, 1.807) is 22.9 Å². The Labute approximate surface area is 153 Å². The largest absolute Gasteiger partial charge is 0.488 e. The molecule has 0 fully saturated rings. The molecule has 0 radical (unpaired) electrons. The van der Waals surface area contributed by atoms with Gasteiger partial charge in [0.2, 0.25) is 5.43 Å². The van der Waals surface area contributed by atoms with Crippen molar-refractivity contribution in [3.05, 3.63) is 57.9 Å². The molecular formula is C20H17FN2O4. The van der Waals surface area contributed by atoms with Crippen molar-refractivity contribution in [2.75, 3.05) is 6.61 Å². The molecule has 7 heteroatoms. The third-order valence-electron chi connectivity index (χ3n) is 4.86. The van der Waals surface area contributed by atoms with Gasteiger partial charge in [0.05, 0.1) is 22.5 Å². The summed E-state index contributed by atoms with van der Waals surface area (Å²) >= 11 is 0. The van der Waals surface area contributed by atoms with Gasteiger partial charge in [0, 0.05) is 18.1 Å². The number of rotatable bonds is 3. The molecule has 1 aliphatic rings. The molecule has 0 unspecified atom stereocenters. The number of halogens is 1. The minimum absolute atomic E-state index is 0.00229. The minimum Gasteiger partial charge on any atom is -0.488 e. The second-order valence-corrected chi connectivity index (χ2v) is 6.59. The Kier molecular flexibility index (Phi) is 3.95. The Morgan fingerprint density at radius 2 is 2.22 bits per heavy atom. The highest BCUT2D eigenvalue weighted by Crippen LogP contribution is 2.41. The Balaban J connectivity index is 2.13. The Bertz CT molecular complexity index is 1150.